The standard InChI is InChI=1S/C14H20O2.C6H6O/c1-9(2)6-11-7-12-8-13(15)4-5-14(12)16-10(11)3;7-6-4-2-1-3-5-6/h4-5,8-11,15H,6-7H2,1-3H3;1-5,7H. The van der Waals surface area contributed by atoms with Gasteiger partial charge in [-0.1, -0.05) is 32.0 Å². The van der Waals surface area contributed by atoms with Gasteiger partial charge < -0.3 is 14.9 Å². The second kappa shape index (κ2) is 7.91. The lowest BCUT2D eigenvalue weighted by Gasteiger charge is -2.32. The molecule has 0 saturated carbocycles. The summed E-state index contributed by atoms with van der Waals surface area (Å²) in [5.74, 6) is 2.84. The lowest BCUT2D eigenvalue weighted by Crippen LogP contribution is -2.31. The summed E-state index contributed by atoms with van der Waals surface area (Å²) in [5, 5.41) is 18.1. The Bertz CT molecular complexity index is 608. The van der Waals surface area contributed by atoms with Gasteiger partial charge in [-0.3, -0.25) is 0 Å². The van der Waals surface area contributed by atoms with Gasteiger partial charge in [-0.15, -0.1) is 0 Å². The van der Waals surface area contributed by atoms with Crippen molar-refractivity contribution in [2.24, 2.45) is 11.8 Å². The summed E-state index contributed by atoms with van der Waals surface area (Å²) in [7, 11) is 0. The normalized spacial score (nSPS) is 19.3. The van der Waals surface area contributed by atoms with E-state index >= 15 is 0 Å². The van der Waals surface area contributed by atoms with Crippen LogP contribution in [0.4, 0.5) is 0 Å². The third-order valence-electron chi connectivity index (χ3n) is 4.03. The maximum atomic E-state index is 9.47. The summed E-state index contributed by atoms with van der Waals surface area (Å²) < 4.78 is 5.89. The number of benzene rings is 2. The summed E-state index contributed by atoms with van der Waals surface area (Å²) in [6.45, 7) is 6.62. The molecule has 0 fully saturated rings. The van der Waals surface area contributed by atoms with Gasteiger partial charge in [0.2, 0.25) is 0 Å². The minimum absolute atomic E-state index is 0.277. The van der Waals surface area contributed by atoms with Gasteiger partial charge in [0.25, 0.3) is 0 Å². The van der Waals surface area contributed by atoms with E-state index in [9.17, 15) is 5.11 Å². The largest absolute Gasteiger partial charge is 0.508 e. The van der Waals surface area contributed by atoms with Crippen LogP contribution < -0.4 is 4.74 Å². The van der Waals surface area contributed by atoms with E-state index in [0.29, 0.717) is 23.3 Å². The molecule has 124 valence electrons. The second-order valence-corrected chi connectivity index (χ2v) is 6.54. The highest BCUT2D eigenvalue weighted by molar-refractivity contribution is 5.41. The summed E-state index contributed by atoms with van der Waals surface area (Å²) in [6, 6.07) is 14.1. The SMILES string of the molecule is CC(C)CC1Cc2cc(O)ccc2OC1C.Oc1ccccc1. The molecule has 2 N–H and O–H groups in total. The van der Waals surface area contributed by atoms with E-state index in [-0.39, 0.29) is 6.10 Å². The number of para-hydroxylation sites is 1. The first-order chi connectivity index (χ1) is 11.0. The first-order valence-electron chi connectivity index (χ1n) is 8.18. The number of phenols is 2. The molecule has 0 bridgehead atoms. The topological polar surface area (TPSA) is 49.7 Å². The number of ether oxygens (including phenoxy) is 1. The molecule has 1 aliphatic heterocycles. The molecule has 0 aliphatic carbocycles. The third-order valence-corrected chi connectivity index (χ3v) is 4.03. The van der Waals surface area contributed by atoms with E-state index in [2.05, 4.69) is 20.8 Å². The van der Waals surface area contributed by atoms with E-state index in [1.165, 1.54) is 6.42 Å². The van der Waals surface area contributed by atoms with Gasteiger partial charge in [0.05, 0.1) is 6.10 Å². The van der Waals surface area contributed by atoms with Crippen molar-refractivity contribution in [2.75, 3.05) is 0 Å². The van der Waals surface area contributed by atoms with Crippen molar-refractivity contribution in [3.8, 4) is 17.2 Å². The minimum Gasteiger partial charge on any atom is -0.508 e. The minimum atomic E-state index is 0.277. The molecule has 23 heavy (non-hydrogen) atoms. The molecule has 0 radical (unpaired) electrons. The van der Waals surface area contributed by atoms with Gasteiger partial charge in [-0.2, -0.15) is 0 Å². The quantitative estimate of drug-likeness (QED) is 0.839. The number of fused-ring (bicyclic) bond motifs is 1. The average Bonchev–Trinajstić information content (AvgIpc) is 2.49. The van der Waals surface area contributed by atoms with Crippen LogP contribution in [0.15, 0.2) is 48.5 Å². The molecule has 1 heterocycles. The van der Waals surface area contributed by atoms with E-state index in [0.717, 1.165) is 17.7 Å². The van der Waals surface area contributed by atoms with Crippen molar-refractivity contribution < 1.29 is 14.9 Å². The predicted molar refractivity (Wildman–Crippen MR) is 93.0 cm³/mol. The van der Waals surface area contributed by atoms with Gasteiger partial charge in [0.15, 0.2) is 0 Å². The van der Waals surface area contributed by atoms with E-state index in [4.69, 9.17) is 9.84 Å². The highest BCUT2D eigenvalue weighted by Gasteiger charge is 2.27. The molecule has 0 amide bonds. The predicted octanol–water partition coefficient (Wildman–Crippen LogP) is 4.77. The second-order valence-electron chi connectivity index (χ2n) is 6.54. The molecule has 2 aromatic rings. The van der Waals surface area contributed by atoms with Crippen LogP contribution in [0.3, 0.4) is 0 Å². The molecule has 3 nitrogen and oxygen atoms in total. The smallest absolute Gasteiger partial charge is 0.123 e. The highest BCUT2D eigenvalue weighted by Crippen LogP contribution is 2.35. The van der Waals surface area contributed by atoms with Gasteiger partial charge in [0, 0.05) is 0 Å². The molecule has 2 unspecified atom stereocenters. The number of hydrogen-bond donors (Lipinski definition) is 2. The van der Waals surface area contributed by atoms with Crippen molar-refractivity contribution in [3.05, 3.63) is 54.1 Å². The number of phenolic OH excluding ortho intramolecular Hbond substituents is 2. The van der Waals surface area contributed by atoms with Gasteiger partial charge in [0.1, 0.15) is 17.2 Å². The third kappa shape index (κ3) is 5.20. The Labute approximate surface area is 138 Å². The molecule has 0 spiro atoms. The lowest BCUT2D eigenvalue weighted by molar-refractivity contribution is 0.115. The first-order valence-corrected chi connectivity index (χ1v) is 8.18. The van der Waals surface area contributed by atoms with Crippen LogP contribution in [-0.4, -0.2) is 16.3 Å². The van der Waals surface area contributed by atoms with E-state index in [1.807, 2.05) is 18.2 Å². The molecule has 2 aromatic carbocycles. The van der Waals surface area contributed by atoms with Crippen LogP contribution in [0.1, 0.15) is 32.8 Å². The Morgan fingerprint density at radius 3 is 2.30 bits per heavy atom. The van der Waals surface area contributed by atoms with E-state index < -0.39 is 0 Å². The molecular formula is C20H26O3. The molecule has 3 rings (SSSR count). The Morgan fingerprint density at radius 2 is 1.74 bits per heavy atom. The zero-order chi connectivity index (χ0) is 16.8. The zero-order valence-electron chi connectivity index (χ0n) is 14.1. The fourth-order valence-electron chi connectivity index (χ4n) is 2.89. The molecule has 1 aliphatic rings. The fraction of sp³-hybridized carbons (Fsp3) is 0.400. The van der Waals surface area contributed by atoms with Crippen molar-refractivity contribution in [2.45, 2.75) is 39.7 Å². The van der Waals surface area contributed by atoms with Crippen molar-refractivity contribution in [1.29, 1.82) is 0 Å². The Hall–Kier alpha value is -2.16. The fourth-order valence-corrected chi connectivity index (χ4v) is 2.89. The van der Waals surface area contributed by atoms with Crippen LogP contribution in [0.25, 0.3) is 0 Å². The number of aromatic hydroxyl groups is 2. The maximum Gasteiger partial charge on any atom is 0.123 e. The van der Waals surface area contributed by atoms with Crippen molar-refractivity contribution in [1.82, 2.24) is 0 Å². The molecule has 0 saturated heterocycles. The van der Waals surface area contributed by atoms with Gasteiger partial charge in [-0.05, 0) is 67.5 Å². The zero-order valence-corrected chi connectivity index (χ0v) is 14.1. The van der Waals surface area contributed by atoms with Crippen molar-refractivity contribution in [3.63, 3.8) is 0 Å². The van der Waals surface area contributed by atoms with Crippen LogP contribution in [-0.2, 0) is 6.42 Å². The number of rotatable bonds is 2. The van der Waals surface area contributed by atoms with Gasteiger partial charge >= 0.3 is 0 Å². The van der Waals surface area contributed by atoms with Crippen LogP contribution in [0.2, 0.25) is 0 Å². The summed E-state index contributed by atoms with van der Waals surface area (Å²) >= 11 is 0. The summed E-state index contributed by atoms with van der Waals surface area (Å²) in [6.07, 6.45) is 2.47. The average molecular weight is 314 g/mol. The monoisotopic (exact) mass is 314 g/mol. The van der Waals surface area contributed by atoms with Crippen LogP contribution in [0, 0.1) is 11.8 Å². The summed E-state index contributed by atoms with van der Waals surface area (Å²) in [4.78, 5) is 0. The summed E-state index contributed by atoms with van der Waals surface area (Å²) in [5.41, 5.74) is 1.14. The molecule has 3 heteroatoms. The Morgan fingerprint density at radius 1 is 1.04 bits per heavy atom. The maximum absolute atomic E-state index is 9.47. The molecule has 0 aromatic heterocycles. The molecule has 2 atom stereocenters. The first kappa shape index (κ1) is 17.2. The number of hydrogen-bond acceptors (Lipinski definition) is 3. The highest BCUT2D eigenvalue weighted by atomic mass is 16.5. The Balaban J connectivity index is 0.000000229. The Kier molecular flexibility index (Phi) is 5.91. The van der Waals surface area contributed by atoms with Crippen molar-refractivity contribution >= 4 is 0 Å². The molecular weight excluding hydrogens is 288 g/mol. The van der Waals surface area contributed by atoms with Crippen LogP contribution >= 0.6 is 0 Å². The van der Waals surface area contributed by atoms with E-state index in [1.54, 1.807) is 30.3 Å². The van der Waals surface area contributed by atoms with Gasteiger partial charge in [-0.25, -0.2) is 0 Å². The lowest BCUT2D eigenvalue weighted by atomic mass is 9.85. The van der Waals surface area contributed by atoms with Crippen LogP contribution in [0.5, 0.6) is 17.2 Å².